The second-order valence-electron chi connectivity index (χ2n) is 4.71. The van der Waals surface area contributed by atoms with Gasteiger partial charge < -0.3 is 4.52 Å². The number of rotatable bonds is 4. The number of hydrogen-bond acceptors (Lipinski definition) is 2. The molecule has 0 aliphatic heterocycles. The zero-order valence-corrected chi connectivity index (χ0v) is 11.9. The standard InChI is InChI=1S/C11H23ClNOP/c1-9(2)13(15(12)14-4)11-8-6-5-7-10(11)3/h9-11H,5-8H2,1-4H3/t10-,11+,15?/m1/s1. The Balaban J connectivity index is 2.68. The van der Waals surface area contributed by atoms with Gasteiger partial charge in [-0.1, -0.05) is 19.8 Å². The molecule has 4 heteroatoms. The molecular formula is C11H23ClNOP. The van der Waals surface area contributed by atoms with Crippen molar-refractivity contribution >= 4 is 18.9 Å². The SMILES string of the molecule is COP(Cl)N(C(C)C)[C@H]1CCCC[C@H]1C. The number of halogens is 1. The maximum Gasteiger partial charge on any atom is 0.207 e. The third-order valence-corrected chi connectivity index (χ3v) is 5.63. The molecule has 1 rings (SSSR count). The summed E-state index contributed by atoms with van der Waals surface area (Å²) < 4.78 is 7.71. The lowest BCUT2D eigenvalue weighted by atomic mass is 9.85. The van der Waals surface area contributed by atoms with Gasteiger partial charge in [0, 0.05) is 19.2 Å². The Hall–Kier alpha value is 0.640. The van der Waals surface area contributed by atoms with Gasteiger partial charge >= 0.3 is 0 Å². The monoisotopic (exact) mass is 251 g/mol. The van der Waals surface area contributed by atoms with Crippen LogP contribution in [0.1, 0.15) is 46.5 Å². The number of nitrogens with zero attached hydrogens (tertiary/aromatic N) is 1. The maximum absolute atomic E-state index is 6.29. The molecule has 1 aliphatic carbocycles. The summed E-state index contributed by atoms with van der Waals surface area (Å²) >= 11 is 6.29. The molecule has 0 N–H and O–H groups in total. The van der Waals surface area contributed by atoms with Crippen LogP contribution in [0.15, 0.2) is 0 Å². The van der Waals surface area contributed by atoms with Crippen LogP contribution in [-0.2, 0) is 4.52 Å². The summed E-state index contributed by atoms with van der Waals surface area (Å²) in [6, 6.07) is 1.08. The first-order valence-corrected chi connectivity index (χ1v) is 7.98. The molecule has 90 valence electrons. The molecule has 0 amide bonds. The molecule has 0 heterocycles. The van der Waals surface area contributed by atoms with Gasteiger partial charge in [-0.15, -0.1) is 0 Å². The van der Waals surface area contributed by atoms with E-state index in [0.29, 0.717) is 12.1 Å². The summed E-state index contributed by atoms with van der Waals surface area (Å²) in [6.07, 6.45) is 5.31. The van der Waals surface area contributed by atoms with Crippen molar-refractivity contribution in [3.05, 3.63) is 0 Å². The molecule has 15 heavy (non-hydrogen) atoms. The minimum atomic E-state index is -0.925. The van der Waals surface area contributed by atoms with Gasteiger partial charge in [-0.25, -0.2) is 4.67 Å². The van der Waals surface area contributed by atoms with Crippen molar-refractivity contribution in [1.29, 1.82) is 0 Å². The normalized spacial score (nSPS) is 29.8. The quantitative estimate of drug-likeness (QED) is 0.687. The molecule has 2 nitrogen and oxygen atoms in total. The van der Waals surface area contributed by atoms with E-state index < -0.39 is 7.65 Å². The maximum atomic E-state index is 6.29. The van der Waals surface area contributed by atoms with Crippen LogP contribution >= 0.6 is 18.9 Å². The molecule has 0 aromatic rings. The summed E-state index contributed by atoms with van der Waals surface area (Å²) in [5.74, 6) is 0.750. The van der Waals surface area contributed by atoms with E-state index >= 15 is 0 Å². The highest BCUT2D eigenvalue weighted by Crippen LogP contribution is 2.51. The first kappa shape index (κ1) is 13.7. The molecule has 1 fully saturated rings. The predicted octanol–water partition coefficient (Wildman–Crippen LogP) is 4.39. The van der Waals surface area contributed by atoms with Gasteiger partial charge in [0.25, 0.3) is 0 Å². The van der Waals surface area contributed by atoms with Crippen LogP contribution < -0.4 is 0 Å². The van der Waals surface area contributed by atoms with E-state index in [4.69, 9.17) is 15.8 Å². The molecule has 1 saturated carbocycles. The first-order chi connectivity index (χ1) is 7.07. The fraction of sp³-hybridized carbons (Fsp3) is 1.00. The lowest BCUT2D eigenvalue weighted by Crippen LogP contribution is -2.41. The van der Waals surface area contributed by atoms with Crippen LogP contribution in [0, 0.1) is 5.92 Å². The fourth-order valence-corrected chi connectivity index (χ4v) is 4.45. The molecule has 0 spiro atoms. The molecular weight excluding hydrogens is 229 g/mol. The van der Waals surface area contributed by atoms with Crippen molar-refractivity contribution in [2.75, 3.05) is 7.11 Å². The Labute approximate surface area is 100.0 Å². The third-order valence-electron chi connectivity index (χ3n) is 3.27. The van der Waals surface area contributed by atoms with E-state index in [9.17, 15) is 0 Å². The molecule has 1 unspecified atom stereocenters. The third kappa shape index (κ3) is 3.56. The molecule has 0 bridgehead atoms. The van der Waals surface area contributed by atoms with Gasteiger partial charge in [-0.05, 0) is 43.8 Å². The summed E-state index contributed by atoms with van der Waals surface area (Å²) in [7, 11) is 0.785. The Bertz CT molecular complexity index is 191. The minimum Gasteiger partial charge on any atom is -0.335 e. The lowest BCUT2D eigenvalue weighted by Gasteiger charge is -2.41. The zero-order valence-electron chi connectivity index (χ0n) is 10.2. The minimum absolute atomic E-state index is 0.471. The van der Waals surface area contributed by atoms with Crippen molar-refractivity contribution in [3.63, 3.8) is 0 Å². The number of hydrogen-bond donors (Lipinski definition) is 0. The van der Waals surface area contributed by atoms with Crippen molar-refractivity contribution in [2.45, 2.75) is 58.5 Å². The van der Waals surface area contributed by atoms with Crippen LogP contribution in [-0.4, -0.2) is 23.9 Å². The van der Waals surface area contributed by atoms with Crippen molar-refractivity contribution in [1.82, 2.24) is 4.67 Å². The highest BCUT2D eigenvalue weighted by atomic mass is 35.7. The summed E-state index contributed by atoms with van der Waals surface area (Å²) in [5.41, 5.74) is 0. The predicted molar refractivity (Wildman–Crippen MR) is 68.2 cm³/mol. The highest BCUT2D eigenvalue weighted by Gasteiger charge is 2.33. The molecule has 1 aliphatic rings. The summed E-state index contributed by atoms with van der Waals surface area (Å²) in [5, 5.41) is 0. The van der Waals surface area contributed by atoms with Gasteiger partial charge in [0.1, 0.15) is 0 Å². The van der Waals surface area contributed by atoms with E-state index in [1.165, 1.54) is 25.7 Å². The lowest BCUT2D eigenvalue weighted by molar-refractivity contribution is 0.161. The summed E-state index contributed by atoms with van der Waals surface area (Å²) in [6.45, 7) is 6.76. The molecule has 0 aromatic heterocycles. The van der Waals surface area contributed by atoms with Gasteiger partial charge in [0.15, 0.2) is 0 Å². The Morgan fingerprint density at radius 3 is 2.40 bits per heavy atom. The van der Waals surface area contributed by atoms with E-state index in [2.05, 4.69) is 25.4 Å². The Morgan fingerprint density at radius 1 is 1.33 bits per heavy atom. The Morgan fingerprint density at radius 2 is 1.93 bits per heavy atom. The molecule has 0 aromatic carbocycles. The van der Waals surface area contributed by atoms with Crippen LogP contribution in [0.3, 0.4) is 0 Å². The van der Waals surface area contributed by atoms with Gasteiger partial charge in [-0.3, -0.25) is 0 Å². The summed E-state index contributed by atoms with van der Waals surface area (Å²) in [4.78, 5) is 0. The van der Waals surface area contributed by atoms with Crippen molar-refractivity contribution in [2.24, 2.45) is 5.92 Å². The van der Waals surface area contributed by atoms with E-state index in [0.717, 1.165) is 5.92 Å². The van der Waals surface area contributed by atoms with Gasteiger partial charge in [0.2, 0.25) is 7.65 Å². The van der Waals surface area contributed by atoms with Crippen molar-refractivity contribution < 1.29 is 4.52 Å². The van der Waals surface area contributed by atoms with Crippen LogP contribution in [0.4, 0.5) is 0 Å². The van der Waals surface area contributed by atoms with Gasteiger partial charge in [0.05, 0.1) is 0 Å². The van der Waals surface area contributed by atoms with Gasteiger partial charge in [-0.2, -0.15) is 0 Å². The topological polar surface area (TPSA) is 12.5 Å². The highest BCUT2D eigenvalue weighted by molar-refractivity contribution is 7.78. The van der Waals surface area contributed by atoms with Crippen LogP contribution in [0.5, 0.6) is 0 Å². The molecule has 3 atom stereocenters. The zero-order chi connectivity index (χ0) is 11.4. The van der Waals surface area contributed by atoms with Crippen LogP contribution in [0.2, 0.25) is 0 Å². The molecule has 0 saturated heterocycles. The van der Waals surface area contributed by atoms with E-state index in [-0.39, 0.29) is 0 Å². The molecule has 0 radical (unpaired) electrons. The first-order valence-electron chi connectivity index (χ1n) is 5.86. The van der Waals surface area contributed by atoms with E-state index in [1.54, 1.807) is 7.11 Å². The second-order valence-corrected chi connectivity index (χ2v) is 6.86. The average molecular weight is 252 g/mol. The average Bonchev–Trinajstić information content (AvgIpc) is 2.20. The van der Waals surface area contributed by atoms with Crippen LogP contribution in [0.25, 0.3) is 0 Å². The second kappa shape index (κ2) is 6.39. The smallest absolute Gasteiger partial charge is 0.207 e. The fourth-order valence-electron chi connectivity index (χ4n) is 2.47. The Kier molecular flexibility index (Phi) is 5.84. The van der Waals surface area contributed by atoms with E-state index in [1.807, 2.05) is 0 Å². The van der Waals surface area contributed by atoms with Crippen molar-refractivity contribution in [3.8, 4) is 0 Å². The largest absolute Gasteiger partial charge is 0.335 e.